The first-order valence-corrected chi connectivity index (χ1v) is 9.91. The lowest BCUT2D eigenvalue weighted by Crippen LogP contribution is -2.41. The minimum Gasteiger partial charge on any atom is -0.386 e. The maximum atomic E-state index is 11.7. The Labute approximate surface area is 170 Å². The molecular weight excluding hydrogens is 362 g/mol. The summed E-state index contributed by atoms with van der Waals surface area (Å²) in [7, 11) is 0. The molecule has 0 saturated carbocycles. The van der Waals surface area contributed by atoms with Crippen LogP contribution in [0.3, 0.4) is 0 Å². The van der Waals surface area contributed by atoms with Crippen molar-refractivity contribution >= 4 is 17.1 Å². The van der Waals surface area contributed by atoms with Crippen molar-refractivity contribution in [1.82, 2.24) is 0 Å². The van der Waals surface area contributed by atoms with Crippen molar-refractivity contribution in [3.05, 3.63) is 88.5 Å². The van der Waals surface area contributed by atoms with E-state index >= 15 is 0 Å². The highest BCUT2D eigenvalue weighted by Crippen LogP contribution is 2.60. The lowest BCUT2D eigenvalue weighted by atomic mass is 9.72. The van der Waals surface area contributed by atoms with E-state index in [2.05, 4.69) is 4.90 Å². The molecule has 3 aromatic carbocycles. The lowest BCUT2D eigenvalue weighted by molar-refractivity contribution is 0.0766. The zero-order valence-corrected chi connectivity index (χ0v) is 17.1. The van der Waals surface area contributed by atoms with E-state index in [-0.39, 0.29) is 0 Å². The number of fused-ring (bicyclic) bond motifs is 4. The van der Waals surface area contributed by atoms with Crippen molar-refractivity contribution in [3.63, 3.8) is 0 Å². The van der Waals surface area contributed by atoms with Gasteiger partial charge in [-0.15, -0.1) is 0 Å². The Kier molecular flexibility index (Phi) is 3.47. The Hall–Kier alpha value is -2.66. The summed E-state index contributed by atoms with van der Waals surface area (Å²) in [4.78, 5) is 2.10. The van der Waals surface area contributed by atoms with Gasteiger partial charge in [-0.1, -0.05) is 54.6 Å². The number of anilines is 3. The number of aliphatic hydroxyl groups is 3. The largest absolute Gasteiger partial charge is 0.386 e. The summed E-state index contributed by atoms with van der Waals surface area (Å²) in [6.07, 6.45) is 0. The molecule has 29 heavy (non-hydrogen) atoms. The van der Waals surface area contributed by atoms with Crippen LogP contribution < -0.4 is 4.90 Å². The highest BCUT2D eigenvalue weighted by atomic mass is 16.3. The van der Waals surface area contributed by atoms with Crippen molar-refractivity contribution in [2.75, 3.05) is 4.90 Å². The molecule has 0 aliphatic carbocycles. The average Bonchev–Trinajstić information content (AvgIpc) is 2.66. The van der Waals surface area contributed by atoms with Crippen LogP contribution in [0.4, 0.5) is 17.1 Å². The molecule has 4 heteroatoms. The van der Waals surface area contributed by atoms with Crippen LogP contribution in [0.2, 0.25) is 0 Å². The summed E-state index contributed by atoms with van der Waals surface area (Å²) in [5.41, 5.74) is 2.58. The van der Waals surface area contributed by atoms with Gasteiger partial charge >= 0.3 is 0 Å². The molecule has 0 amide bonds. The van der Waals surface area contributed by atoms with Crippen LogP contribution in [0.1, 0.15) is 55.5 Å². The third-order valence-corrected chi connectivity index (χ3v) is 6.42. The summed E-state index contributed by atoms with van der Waals surface area (Å²) in [6.45, 7) is 7.09. The normalized spacial score (nSPS) is 24.6. The van der Waals surface area contributed by atoms with Crippen molar-refractivity contribution in [2.24, 2.45) is 0 Å². The van der Waals surface area contributed by atoms with Gasteiger partial charge in [0.05, 0.1) is 22.7 Å². The van der Waals surface area contributed by atoms with E-state index in [1.807, 2.05) is 60.7 Å². The molecule has 0 bridgehead atoms. The first-order chi connectivity index (χ1) is 13.6. The van der Waals surface area contributed by atoms with E-state index in [9.17, 15) is 15.3 Å². The van der Waals surface area contributed by atoms with Crippen LogP contribution in [0.15, 0.2) is 60.7 Å². The van der Waals surface area contributed by atoms with Gasteiger partial charge in [0.1, 0.15) is 11.2 Å². The predicted octanol–water partition coefficient (Wildman–Crippen LogP) is 4.52. The van der Waals surface area contributed by atoms with Gasteiger partial charge in [0.2, 0.25) is 0 Å². The van der Waals surface area contributed by atoms with E-state index in [0.717, 1.165) is 44.9 Å². The Morgan fingerprint density at radius 1 is 0.690 bits per heavy atom. The maximum Gasteiger partial charge on any atom is 0.116 e. The molecule has 0 spiro atoms. The second-order valence-corrected chi connectivity index (χ2v) is 8.96. The molecule has 2 unspecified atom stereocenters. The molecule has 0 radical (unpaired) electrons. The third-order valence-electron chi connectivity index (χ3n) is 6.42. The van der Waals surface area contributed by atoms with E-state index in [0.29, 0.717) is 0 Å². The van der Waals surface area contributed by atoms with Crippen LogP contribution >= 0.6 is 0 Å². The SMILES string of the molecule is CC(C)(O)c1cccc2c1N1c3ccccc3C(C)(O)c3cccc(c31)C2(C)O. The molecule has 3 aromatic rings. The molecule has 0 aromatic heterocycles. The van der Waals surface area contributed by atoms with Crippen molar-refractivity contribution < 1.29 is 15.3 Å². The molecule has 5 rings (SSSR count). The first kappa shape index (κ1) is 18.4. The lowest BCUT2D eigenvalue weighted by Gasteiger charge is -2.49. The standard InChI is InChI=1S/C25H25NO3/c1-23(2,27)16-10-7-11-17-21(16)26-20-14-6-5-9-15(20)24(3,28)18-12-8-13-19(22(18)26)25(17,4)29/h5-14,27-29H,1-4H3. The molecule has 2 aliphatic rings. The van der Waals surface area contributed by atoms with Gasteiger partial charge in [0, 0.05) is 27.8 Å². The van der Waals surface area contributed by atoms with Gasteiger partial charge in [0.25, 0.3) is 0 Å². The number of nitrogens with zero attached hydrogens (tertiary/aromatic N) is 1. The molecule has 2 heterocycles. The maximum absolute atomic E-state index is 11.7. The average molecular weight is 387 g/mol. The molecule has 148 valence electrons. The van der Waals surface area contributed by atoms with Gasteiger partial charge in [0.15, 0.2) is 0 Å². The van der Waals surface area contributed by atoms with Crippen LogP contribution in [-0.2, 0) is 16.8 Å². The summed E-state index contributed by atoms with van der Waals surface area (Å²) in [5.74, 6) is 0. The summed E-state index contributed by atoms with van der Waals surface area (Å²) < 4.78 is 0. The monoisotopic (exact) mass is 387 g/mol. The van der Waals surface area contributed by atoms with Gasteiger partial charge in [-0.05, 0) is 33.8 Å². The molecule has 4 nitrogen and oxygen atoms in total. The molecular formula is C25H25NO3. The van der Waals surface area contributed by atoms with E-state index in [1.165, 1.54) is 0 Å². The van der Waals surface area contributed by atoms with Crippen LogP contribution in [0.25, 0.3) is 0 Å². The van der Waals surface area contributed by atoms with Gasteiger partial charge < -0.3 is 20.2 Å². The Morgan fingerprint density at radius 3 is 1.79 bits per heavy atom. The molecule has 0 fully saturated rings. The fourth-order valence-corrected chi connectivity index (χ4v) is 4.96. The fourth-order valence-electron chi connectivity index (χ4n) is 4.96. The van der Waals surface area contributed by atoms with Crippen LogP contribution in [0.5, 0.6) is 0 Å². The van der Waals surface area contributed by atoms with Gasteiger partial charge in [-0.3, -0.25) is 0 Å². The zero-order chi connectivity index (χ0) is 20.8. The number of benzene rings is 3. The number of hydrogen-bond donors (Lipinski definition) is 3. The quantitative estimate of drug-likeness (QED) is 0.574. The molecule has 2 atom stereocenters. The Bertz CT molecular complexity index is 1140. The second-order valence-electron chi connectivity index (χ2n) is 8.96. The Balaban J connectivity index is 1.99. The van der Waals surface area contributed by atoms with Crippen LogP contribution in [0, 0.1) is 0 Å². The summed E-state index contributed by atoms with van der Waals surface area (Å²) in [5, 5.41) is 34.1. The number of para-hydroxylation sites is 3. The second kappa shape index (κ2) is 5.48. The van der Waals surface area contributed by atoms with Gasteiger partial charge in [-0.2, -0.15) is 0 Å². The van der Waals surface area contributed by atoms with Gasteiger partial charge in [-0.25, -0.2) is 0 Å². The summed E-state index contributed by atoms with van der Waals surface area (Å²) >= 11 is 0. The molecule has 3 N–H and O–H groups in total. The Morgan fingerprint density at radius 2 is 1.17 bits per heavy atom. The minimum absolute atomic E-state index is 0.729. The first-order valence-electron chi connectivity index (χ1n) is 9.91. The summed E-state index contributed by atoms with van der Waals surface area (Å²) in [6, 6.07) is 19.2. The molecule has 2 aliphatic heterocycles. The third kappa shape index (κ3) is 2.25. The number of rotatable bonds is 1. The van der Waals surface area contributed by atoms with Crippen molar-refractivity contribution in [1.29, 1.82) is 0 Å². The highest BCUT2D eigenvalue weighted by molar-refractivity contribution is 5.93. The van der Waals surface area contributed by atoms with Crippen LogP contribution in [-0.4, -0.2) is 15.3 Å². The smallest absolute Gasteiger partial charge is 0.116 e. The zero-order valence-electron chi connectivity index (χ0n) is 17.1. The van der Waals surface area contributed by atoms with Crippen molar-refractivity contribution in [3.8, 4) is 0 Å². The minimum atomic E-state index is -1.26. The number of hydrogen-bond acceptors (Lipinski definition) is 4. The predicted molar refractivity (Wildman–Crippen MR) is 114 cm³/mol. The highest BCUT2D eigenvalue weighted by Gasteiger charge is 2.48. The fraction of sp³-hybridized carbons (Fsp3) is 0.280. The van der Waals surface area contributed by atoms with E-state index in [1.54, 1.807) is 27.7 Å². The van der Waals surface area contributed by atoms with Crippen molar-refractivity contribution in [2.45, 2.75) is 44.5 Å². The molecule has 0 saturated heterocycles. The van der Waals surface area contributed by atoms with E-state index < -0.39 is 16.8 Å². The van der Waals surface area contributed by atoms with E-state index in [4.69, 9.17) is 0 Å². The topological polar surface area (TPSA) is 63.9 Å².